The minimum atomic E-state index is -4.63. The van der Waals surface area contributed by atoms with Gasteiger partial charge < -0.3 is 10.5 Å². The summed E-state index contributed by atoms with van der Waals surface area (Å²) in [6, 6.07) is 0.772. The number of methoxy groups -OCH3 is 1. The molecule has 3 nitrogen and oxygen atoms in total. The van der Waals surface area contributed by atoms with Gasteiger partial charge in [-0.2, -0.15) is 13.2 Å². The summed E-state index contributed by atoms with van der Waals surface area (Å²) in [6.07, 6.45) is -5.07. The summed E-state index contributed by atoms with van der Waals surface area (Å²) < 4.78 is 55.1. The van der Waals surface area contributed by atoms with E-state index in [0.717, 1.165) is 7.11 Å². The van der Waals surface area contributed by atoms with Gasteiger partial charge in [-0.1, -0.05) is 0 Å². The number of halogens is 4. The molecule has 0 bridgehead atoms. The van der Waals surface area contributed by atoms with E-state index in [9.17, 15) is 22.4 Å². The largest absolute Gasteiger partial charge is 0.468 e. The van der Waals surface area contributed by atoms with E-state index in [1.807, 2.05) is 0 Å². The van der Waals surface area contributed by atoms with E-state index >= 15 is 0 Å². The predicted octanol–water partition coefficient (Wildman–Crippen LogP) is 1.89. The predicted molar refractivity (Wildman–Crippen MR) is 55.1 cm³/mol. The molecule has 0 saturated carbocycles. The number of ether oxygens (including phenoxy) is 1. The number of carbonyl (C=O) groups excluding carboxylic acids is 1. The van der Waals surface area contributed by atoms with Gasteiger partial charge in [0.25, 0.3) is 0 Å². The third-order valence-corrected chi connectivity index (χ3v) is 2.32. The van der Waals surface area contributed by atoms with Crippen molar-refractivity contribution in [3.05, 3.63) is 35.1 Å². The number of esters is 1. The van der Waals surface area contributed by atoms with Crippen molar-refractivity contribution in [3.63, 3.8) is 0 Å². The molecule has 2 N–H and O–H groups in total. The van der Waals surface area contributed by atoms with Crippen molar-refractivity contribution in [1.29, 1.82) is 0 Å². The van der Waals surface area contributed by atoms with Crippen LogP contribution in [0, 0.1) is 5.82 Å². The molecule has 0 aliphatic rings. The van der Waals surface area contributed by atoms with Gasteiger partial charge in [-0.3, -0.25) is 4.79 Å². The van der Waals surface area contributed by atoms with Crippen LogP contribution in [0.15, 0.2) is 18.2 Å². The van der Waals surface area contributed by atoms with Gasteiger partial charge in [-0.25, -0.2) is 4.39 Å². The third kappa shape index (κ3) is 3.43. The maximum Gasteiger partial charge on any atom is 0.416 e. The molecule has 18 heavy (non-hydrogen) atoms. The molecule has 0 fully saturated rings. The fourth-order valence-corrected chi connectivity index (χ4v) is 1.48. The maximum absolute atomic E-state index is 12.9. The molecule has 0 radical (unpaired) electrons. The fraction of sp³-hybridized carbons (Fsp3) is 0.364. The van der Waals surface area contributed by atoms with Crippen LogP contribution in [0.1, 0.15) is 11.1 Å². The molecule has 7 heteroatoms. The summed E-state index contributed by atoms with van der Waals surface area (Å²) in [7, 11) is 1.07. The van der Waals surface area contributed by atoms with Gasteiger partial charge in [0.1, 0.15) is 11.9 Å². The quantitative estimate of drug-likeness (QED) is 0.670. The highest BCUT2D eigenvalue weighted by Gasteiger charge is 2.34. The standard InChI is InChI=1S/C11H11F4NO2/c1-18-10(17)9(16)5-6-4-7(12)2-3-8(6)11(13,14)15/h2-4,9H,5,16H2,1H3/t9-/m0/s1. The highest BCUT2D eigenvalue weighted by molar-refractivity contribution is 5.75. The van der Waals surface area contributed by atoms with Crippen LogP contribution < -0.4 is 5.73 Å². The Labute approximate surface area is 101 Å². The van der Waals surface area contributed by atoms with E-state index in [1.54, 1.807) is 0 Å². The lowest BCUT2D eigenvalue weighted by Gasteiger charge is -2.15. The van der Waals surface area contributed by atoms with E-state index in [0.29, 0.717) is 18.2 Å². The molecule has 1 atom stereocenters. The molecule has 0 saturated heterocycles. The molecule has 0 aliphatic heterocycles. The summed E-state index contributed by atoms with van der Waals surface area (Å²) >= 11 is 0. The zero-order valence-corrected chi connectivity index (χ0v) is 9.42. The molecule has 1 rings (SSSR count). The number of hydrogen-bond donors (Lipinski definition) is 1. The normalized spacial score (nSPS) is 13.2. The SMILES string of the molecule is COC(=O)[C@@H](N)Cc1cc(F)ccc1C(F)(F)F. The highest BCUT2D eigenvalue weighted by Crippen LogP contribution is 2.32. The third-order valence-electron chi connectivity index (χ3n) is 2.32. The van der Waals surface area contributed by atoms with Gasteiger partial charge in [-0.15, -0.1) is 0 Å². The molecule has 0 aliphatic carbocycles. The van der Waals surface area contributed by atoms with Gasteiger partial charge in [0.15, 0.2) is 0 Å². The van der Waals surface area contributed by atoms with Crippen molar-refractivity contribution in [2.45, 2.75) is 18.6 Å². The van der Waals surface area contributed by atoms with E-state index in [2.05, 4.69) is 4.74 Å². The lowest BCUT2D eigenvalue weighted by Crippen LogP contribution is -2.34. The molecule has 0 aromatic heterocycles. The summed E-state index contributed by atoms with van der Waals surface area (Å²) in [5, 5.41) is 0. The Hall–Kier alpha value is -1.63. The number of benzene rings is 1. The van der Waals surface area contributed by atoms with Gasteiger partial charge in [0, 0.05) is 0 Å². The second kappa shape index (κ2) is 5.34. The smallest absolute Gasteiger partial charge is 0.416 e. The van der Waals surface area contributed by atoms with E-state index in [-0.39, 0.29) is 5.56 Å². The van der Waals surface area contributed by atoms with Crippen molar-refractivity contribution in [2.24, 2.45) is 5.73 Å². The maximum atomic E-state index is 12.9. The molecule has 0 heterocycles. The first-order valence-electron chi connectivity index (χ1n) is 4.94. The monoisotopic (exact) mass is 265 g/mol. The molecular weight excluding hydrogens is 254 g/mol. The van der Waals surface area contributed by atoms with Crippen molar-refractivity contribution >= 4 is 5.97 Å². The van der Waals surface area contributed by atoms with E-state index in [4.69, 9.17) is 5.73 Å². The van der Waals surface area contributed by atoms with Crippen molar-refractivity contribution in [3.8, 4) is 0 Å². The Morgan fingerprint density at radius 2 is 2.06 bits per heavy atom. The van der Waals surface area contributed by atoms with Crippen LogP contribution >= 0.6 is 0 Å². The molecule has 1 aromatic carbocycles. The summed E-state index contributed by atoms with van der Waals surface area (Å²) in [4.78, 5) is 11.0. The second-order valence-corrected chi connectivity index (χ2v) is 3.63. The molecule has 1 aromatic rings. The first-order valence-corrected chi connectivity index (χ1v) is 4.94. The number of rotatable bonds is 3. The van der Waals surface area contributed by atoms with Crippen LogP contribution in [-0.2, 0) is 22.1 Å². The van der Waals surface area contributed by atoms with E-state index < -0.39 is 36.0 Å². The second-order valence-electron chi connectivity index (χ2n) is 3.63. The highest BCUT2D eigenvalue weighted by atomic mass is 19.4. The lowest BCUT2D eigenvalue weighted by atomic mass is 10.00. The van der Waals surface area contributed by atoms with Gasteiger partial charge >= 0.3 is 12.1 Å². The Bertz CT molecular complexity index is 445. The minimum absolute atomic E-state index is 0.375. The van der Waals surface area contributed by atoms with Crippen LogP contribution in [-0.4, -0.2) is 19.1 Å². The first kappa shape index (κ1) is 14.4. The Kier molecular flexibility index (Phi) is 4.28. The molecular formula is C11H11F4NO2. The average molecular weight is 265 g/mol. The zero-order valence-electron chi connectivity index (χ0n) is 9.42. The average Bonchev–Trinajstić information content (AvgIpc) is 2.26. The summed E-state index contributed by atoms with van der Waals surface area (Å²) in [6.45, 7) is 0. The zero-order chi connectivity index (χ0) is 13.9. The van der Waals surface area contributed by atoms with Crippen molar-refractivity contribution in [2.75, 3.05) is 7.11 Å². The molecule has 0 amide bonds. The Balaban J connectivity index is 3.07. The lowest BCUT2D eigenvalue weighted by molar-refractivity contribution is -0.143. The van der Waals surface area contributed by atoms with Crippen LogP contribution in [0.5, 0.6) is 0 Å². The van der Waals surface area contributed by atoms with Gasteiger partial charge in [0.2, 0.25) is 0 Å². The number of carbonyl (C=O) groups is 1. The molecule has 0 unspecified atom stereocenters. The van der Waals surface area contributed by atoms with Crippen molar-refractivity contribution in [1.82, 2.24) is 0 Å². The molecule has 0 spiro atoms. The van der Waals surface area contributed by atoms with Gasteiger partial charge in [0.05, 0.1) is 12.7 Å². The summed E-state index contributed by atoms with van der Waals surface area (Å²) in [5.74, 6) is -1.68. The van der Waals surface area contributed by atoms with Crippen LogP contribution in [0.2, 0.25) is 0 Å². The minimum Gasteiger partial charge on any atom is -0.468 e. The Morgan fingerprint density at radius 1 is 1.44 bits per heavy atom. The van der Waals surface area contributed by atoms with Crippen LogP contribution in [0.25, 0.3) is 0 Å². The summed E-state index contributed by atoms with van der Waals surface area (Å²) in [5.41, 5.74) is 3.97. The van der Waals surface area contributed by atoms with Crippen LogP contribution in [0.4, 0.5) is 17.6 Å². The van der Waals surface area contributed by atoms with E-state index in [1.165, 1.54) is 0 Å². The topological polar surface area (TPSA) is 52.3 Å². The number of nitrogens with two attached hydrogens (primary N) is 1. The van der Waals surface area contributed by atoms with Crippen molar-refractivity contribution < 1.29 is 27.1 Å². The number of alkyl halides is 3. The molecule has 100 valence electrons. The van der Waals surface area contributed by atoms with Crippen LogP contribution in [0.3, 0.4) is 0 Å². The first-order chi connectivity index (χ1) is 8.25. The Morgan fingerprint density at radius 3 is 2.56 bits per heavy atom. The fourth-order valence-electron chi connectivity index (χ4n) is 1.48. The number of hydrogen-bond acceptors (Lipinski definition) is 3. The van der Waals surface area contributed by atoms with Gasteiger partial charge in [-0.05, 0) is 30.2 Å².